The monoisotopic (exact) mass is 246 g/mol. The van der Waals surface area contributed by atoms with Crippen LogP contribution in [0.25, 0.3) is 0 Å². The predicted octanol–water partition coefficient (Wildman–Crippen LogP) is 0.377. The molecule has 0 aromatic carbocycles. The van der Waals surface area contributed by atoms with Gasteiger partial charge in [0.1, 0.15) is 0 Å². The first-order chi connectivity index (χ1) is 7.49. The van der Waals surface area contributed by atoms with Crippen LogP contribution in [0.1, 0.15) is 32.1 Å². The second kappa shape index (κ2) is 4.27. The fourth-order valence-corrected chi connectivity index (χ4v) is 5.28. The Labute approximate surface area is 98.1 Å². The average molecular weight is 246 g/mol. The van der Waals surface area contributed by atoms with Crippen molar-refractivity contribution in [3.63, 3.8) is 0 Å². The molecule has 1 heterocycles. The van der Waals surface area contributed by atoms with Gasteiger partial charge in [-0.3, -0.25) is 4.90 Å². The van der Waals surface area contributed by atoms with Crippen LogP contribution >= 0.6 is 0 Å². The van der Waals surface area contributed by atoms with E-state index in [1.165, 1.54) is 25.7 Å². The molecule has 1 unspecified atom stereocenters. The molecule has 0 amide bonds. The van der Waals surface area contributed by atoms with E-state index in [4.69, 9.17) is 5.73 Å². The molecule has 0 spiro atoms. The van der Waals surface area contributed by atoms with Crippen LogP contribution < -0.4 is 5.73 Å². The third-order valence-electron chi connectivity index (χ3n) is 4.37. The minimum atomic E-state index is -2.86. The van der Waals surface area contributed by atoms with Gasteiger partial charge in [0.2, 0.25) is 0 Å². The Bertz CT molecular complexity index is 349. The molecule has 0 aromatic heterocycles. The average Bonchev–Trinajstić information content (AvgIpc) is 2.85. The van der Waals surface area contributed by atoms with Gasteiger partial charge in [0.05, 0.1) is 11.5 Å². The SMILES string of the molecule is CN(C1CCCC1)C1(CN)CCS(=O)(=O)C1. The summed E-state index contributed by atoms with van der Waals surface area (Å²) in [5.74, 6) is 0.560. The Morgan fingerprint density at radius 1 is 1.38 bits per heavy atom. The van der Waals surface area contributed by atoms with Crippen molar-refractivity contribution in [3.8, 4) is 0 Å². The van der Waals surface area contributed by atoms with E-state index in [0.717, 1.165) is 0 Å². The van der Waals surface area contributed by atoms with Crippen LogP contribution in [0.4, 0.5) is 0 Å². The molecule has 5 heteroatoms. The summed E-state index contributed by atoms with van der Waals surface area (Å²) in [5.41, 5.74) is 5.57. The Morgan fingerprint density at radius 3 is 2.44 bits per heavy atom. The molecule has 0 bridgehead atoms. The summed E-state index contributed by atoms with van der Waals surface area (Å²) in [6, 6.07) is 0.539. The van der Waals surface area contributed by atoms with Crippen molar-refractivity contribution in [2.45, 2.75) is 43.7 Å². The number of rotatable bonds is 3. The molecular formula is C11H22N2O2S. The van der Waals surface area contributed by atoms with Crippen molar-refractivity contribution >= 4 is 9.84 Å². The predicted molar refractivity (Wildman–Crippen MR) is 65.1 cm³/mol. The number of hydrogen-bond donors (Lipinski definition) is 1. The zero-order valence-corrected chi connectivity index (χ0v) is 10.8. The molecule has 2 rings (SSSR count). The van der Waals surface area contributed by atoms with Crippen molar-refractivity contribution in [1.82, 2.24) is 4.90 Å². The lowest BCUT2D eigenvalue weighted by molar-refractivity contribution is 0.100. The summed E-state index contributed by atoms with van der Waals surface area (Å²) >= 11 is 0. The molecule has 4 nitrogen and oxygen atoms in total. The minimum absolute atomic E-state index is 0.253. The van der Waals surface area contributed by atoms with E-state index in [2.05, 4.69) is 11.9 Å². The van der Waals surface area contributed by atoms with E-state index < -0.39 is 9.84 Å². The smallest absolute Gasteiger partial charge is 0.152 e. The Balaban J connectivity index is 2.15. The second-order valence-electron chi connectivity index (χ2n) is 5.32. The first-order valence-electron chi connectivity index (χ1n) is 6.13. The van der Waals surface area contributed by atoms with Gasteiger partial charge in [0, 0.05) is 18.1 Å². The summed E-state index contributed by atoms with van der Waals surface area (Å²) in [7, 11) is -0.803. The molecular weight excluding hydrogens is 224 g/mol. The van der Waals surface area contributed by atoms with E-state index in [0.29, 0.717) is 24.8 Å². The molecule has 2 aliphatic rings. The number of nitrogens with zero attached hydrogens (tertiary/aromatic N) is 1. The molecule has 1 saturated carbocycles. The normalized spacial score (nSPS) is 34.9. The number of nitrogens with two attached hydrogens (primary N) is 1. The van der Waals surface area contributed by atoms with Crippen LogP contribution in [0.5, 0.6) is 0 Å². The summed E-state index contributed by atoms with van der Waals surface area (Å²) < 4.78 is 23.3. The first-order valence-corrected chi connectivity index (χ1v) is 7.95. The lowest BCUT2D eigenvalue weighted by Gasteiger charge is -2.40. The highest BCUT2D eigenvalue weighted by molar-refractivity contribution is 7.91. The van der Waals surface area contributed by atoms with Gasteiger partial charge in [-0.15, -0.1) is 0 Å². The third kappa shape index (κ3) is 2.13. The van der Waals surface area contributed by atoms with E-state index in [-0.39, 0.29) is 11.3 Å². The van der Waals surface area contributed by atoms with Crippen LogP contribution in [-0.2, 0) is 9.84 Å². The van der Waals surface area contributed by atoms with Gasteiger partial charge in [-0.2, -0.15) is 0 Å². The molecule has 1 atom stereocenters. The summed E-state index contributed by atoms with van der Waals surface area (Å²) in [6.07, 6.45) is 5.63. The maximum absolute atomic E-state index is 11.6. The van der Waals surface area contributed by atoms with Crippen LogP contribution in [0.2, 0.25) is 0 Å². The third-order valence-corrected chi connectivity index (χ3v) is 6.17. The molecule has 1 aliphatic carbocycles. The molecule has 1 aliphatic heterocycles. The highest BCUT2D eigenvalue weighted by Gasteiger charge is 2.46. The topological polar surface area (TPSA) is 63.4 Å². The van der Waals surface area contributed by atoms with Crippen molar-refractivity contribution in [1.29, 1.82) is 0 Å². The number of hydrogen-bond acceptors (Lipinski definition) is 4. The molecule has 2 N–H and O–H groups in total. The van der Waals surface area contributed by atoms with Crippen LogP contribution in [0.3, 0.4) is 0 Å². The van der Waals surface area contributed by atoms with Gasteiger partial charge < -0.3 is 5.73 Å². The fraction of sp³-hybridized carbons (Fsp3) is 1.00. The molecule has 1 saturated heterocycles. The number of sulfone groups is 1. The molecule has 2 fully saturated rings. The highest BCUT2D eigenvalue weighted by Crippen LogP contribution is 2.34. The Morgan fingerprint density at radius 2 is 2.00 bits per heavy atom. The minimum Gasteiger partial charge on any atom is -0.329 e. The Kier molecular flexibility index (Phi) is 3.29. The van der Waals surface area contributed by atoms with Crippen molar-refractivity contribution in [2.24, 2.45) is 5.73 Å². The molecule has 0 radical (unpaired) electrons. The zero-order valence-electron chi connectivity index (χ0n) is 9.98. The quantitative estimate of drug-likeness (QED) is 0.782. The fourth-order valence-electron chi connectivity index (χ4n) is 3.16. The lowest BCUT2D eigenvalue weighted by Crippen LogP contribution is -2.56. The van der Waals surface area contributed by atoms with Crippen molar-refractivity contribution < 1.29 is 8.42 Å². The first kappa shape index (κ1) is 12.3. The van der Waals surface area contributed by atoms with Crippen LogP contribution in [0, 0.1) is 0 Å². The summed E-state index contributed by atoms with van der Waals surface area (Å²) in [5, 5.41) is 0. The van der Waals surface area contributed by atoms with Gasteiger partial charge in [0.15, 0.2) is 9.84 Å². The van der Waals surface area contributed by atoms with Gasteiger partial charge in [-0.1, -0.05) is 12.8 Å². The van der Waals surface area contributed by atoms with Gasteiger partial charge in [0.25, 0.3) is 0 Å². The van der Waals surface area contributed by atoms with Crippen molar-refractivity contribution in [2.75, 3.05) is 25.1 Å². The molecule has 94 valence electrons. The van der Waals surface area contributed by atoms with Gasteiger partial charge in [-0.05, 0) is 26.3 Å². The van der Waals surface area contributed by atoms with Crippen LogP contribution in [0.15, 0.2) is 0 Å². The van der Waals surface area contributed by atoms with Gasteiger partial charge in [-0.25, -0.2) is 8.42 Å². The van der Waals surface area contributed by atoms with Gasteiger partial charge >= 0.3 is 0 Å². The summed E-state index contributed by atoms with van der Waals surface area (Å²) in [6.45, 7) is 0.458. The van der Waals surface area contributed by atoms with E-state index in [9.17, 15) is 8.42 Å². The van der Waals surface area contributed by atoms with E-state index in [1.807, 2.05) is 0 Å². The largest absolute Gasteiger partial charge is 0.329 e. The van der Waals surface area contributed by atoms with Crippen LogP contribution in [-0.4, -0.2) is 50.0 Å². The number of likely N-dealkylation sites (N-methyl/N-ethyl adjacent to an activating group) is 1. The molecule has 0 aromatic rings. The summed E-state index contributed by atoms with van der Waals surface area (Å²) in [4.78, 5) is 2.27. The van der Waals surface area contributed by atoms with Crippen molar-refractivity contribution in [3.05, 3.63) is 0 Å². The maximum atomic E-state index is 11.6. The standard InChI is InChI=1S/C11H22N2O2S/c1-13(10-4-2-3-5-10)11(8-12)6-7-16(14,15)9-11/h10H,2-9,12H2,1H3. The Hall–Kier alpha value is -0.130. The molecule has 16 heavy (non-hydrogen) atoms. The van der Waals surface area contributed by atoms with E-state index in [1.54, 1.807) is 0 Å². The maximum Gasteiger partial charge on any atom is 0.152 e. The zero-order chi connectivity index (χ0) is 11.8. The second-order valence-corrected chi connectivity index (χ2v) is 7.50. The highest BCUT2D eigenvalue weighted by atomic mass is 32.2. The lowest BCUT2D eigenvalue weighted by atomic mass is 9.94. The van der Waals surface area contributed by atoms with E-state index >= 15 is 0 Å².